The van der Waals surface area contributed by atoms with Gasteiger partial charge in [0.05, 0.1) is 11.1 Å². The van der Waals surface area contributed by atoms with Crippen LogP contribution in [0.1, 0.15) is 5.56 Å². The second kappa shape index (κ2) is 8.70. The van der Waals surface area contributed by atoms with Gasteiger partial charge in [-0.2, -0.15) is 4.39 Å². The van der Waals surface area contributed by atoms with Gasteiger partial charge < -0.3 is 15.5 Å². The molecular weight excluding hydrogens is 446 g/mol. The summed E-state index contributed by atoms with van der Waals surface area (Å²) in [7, 11) is 0. The molecule has 0 aliphatic carbocycles. The summed E-state index contributed by atoms with van der Waals surface area (Å²) in [5.41, 5.74) is 2.65. The largest absolute Gasteiger partial charge is 0.352 e. The summed E-state index contributed by atoms with van der Waals surface area (Å²) < 4.78 is 29.4. The van der Waals surface area contributed by atoms with Crippen LogP contribution in [0.15, 0.2) is 42.7 Å². The molecule has 0 saturated carbocycles. The zero-order valence-corrected chi connectivity index (χ0v) is 18.5. The Kier molecular flexibility index (Phi) is 5.59. The molecule has 1 aliphatic rings. The summed E-state index contributed by atoms with van der Waals surface area (Å²) in [6.45, 7) is 4.11. The first kappa shape index (κ1) is 21.2. The number of amides is 2. The molecule has 33 heavy (non-hydrogen) atoms. The molecule has 2 N–H and O–H groups in total. The van der Waals surface area contributed by atoms with Crippen molar-refractivity contribution in [3.63, 3.8) is 0 Å². The number of nitrogens with zero attached hydrogens (tertiary/aromatic N) is 4. The van der Waals surface area contributed by atoms with Crippen LogP contribution in [0.4, 0.5) is 19.5 Å². The summed E-state index contributed by atoms with van der Waals surface area (Å²) in [5.74, 6) is -0.789. The second-order valence-electron chi connectivity index (χ2n) is 7.69. The molecule has 4 heterocycles. The molecule has 0 atom stereocenters. The Morgan fingerprint density at radius 3 is 2.88 bits per heavy atom. The van der Waals surface area contributed by atoms with Gasteiger partial charge in [-0.25, -0.2) is 24.1 Å². The first-order valence-electron chi connectivity index (χ1n) is 10.4. The van der Waals surface area contributed by atoms with E-state index in [0.29, 0.717) is 31.1 Å². The lowest BCUT2D eigenvalue weighted by atomic mass is 10.0. The van der Waals surface area contributed by atoms with Crippen molar-refractivity contribution >= 4 is 33.4 Å². The van der Waals surface area contributed by atoms with E-state index in [9.17, 15) is 13.6 Å². The average molecular weight is 467 g/mol. The highest BCUT2D eigenvalue weighted by molar-refractivity contribution is 7.22. The maximum atomic E-state index is 14.7. The van der Waals surface area contributed by atoms with Crippen LogP contribution in [0.5, 0.6) is 0 Å². The molecule has 1 aliphatic heterocycles. The molecule has 2 amide bonds. The highest BCUT2D eigenvalue weighted by Gasteiger charge is 2.19. The number of hydrogen-bond acceptors (Lipinski definition) is 6. The zero-order valence-electron chi connectivity index (χ0n) is 17.7. The maximum absolute atomic E-state index is 14.7. The molecule has 0 bridgehead atoms. The fourth-order valence-electron chi connectivity index (χ4n) is 3.83. The standard InChI is InChI=1S/C23H20F2N6OS/c1-13-11-28-19(25)10-16(13)15-4-2-3-14-9-18(33-21(14)15)20-17(24)12-29-22(30-20)26-5-7-31-8-6-27-23(31)32/h2-4,9-12H,5-8H2,1H3,(H,27,32)(H,26,29,30). The summed E-state index contributed by atoms with van der Waals surface area (Å²) in [5, 5.41) is 6.72. The minimum absolute atomic E-state index is 0.0945. The number of thiophene rings is 1. The molecular formula is C23H20F2N6OS. The number of halogens is 2. The van der Waals surface area contributed by atoms with Gasteiger partial charge in [0.25, 0.3) is 0 Å². The third-order valence-electron chi connectivity index (χ3n) is 5.49. The number of carbonyl (C=O) groups excluding carboxylic acids is 1. The summed E-state index contributed by atoms with van der Waals surface area (Å²) in [6.07, 6.45) is 2.65. The lowest BCUT2D eigenvalue weighted by molar-refractivity contribution is 0.219. The van der Waals surface area contributed by atoms with Crippen molar-refractivity contribution in [2.45, 2.75) is 6.92 Å². The van der Waals surface area contributed by atoms with Crippen molar-refractivity contribution in [3.8, 4) is 21.7 Å². The first-order valence-corrected chi connectivity index (χ1v) is 11.3. The van der Waals surface area contributed by atoms with Crippen LogP contribution in [-0.2, 0) is 0 Å². The van der Waals surface area contributed by atoms with E-state index < -0.39 is 11.8 Å². The number of urea groups is 1. The summed E-state index contributed by atoms with van der Waals surface area (Å²) in [6, 6.07) is 8.94. The van der Waals surface area contributed by atoms with Crippen molar-refractivity contribution in [2.24, 2.45) is 0 Å². The Bertz CT molecular complexity index is 1360. The van der Waals surface area contributed by atoms with Crippen molar-refractivity contribution in [1.29, 1.82) is 0 Å². The number of pyridine rings is 1. The lowest BCUT2D eigenvalue weighted by Crippen LogP contribution is -2.32. The van der Waals surface area contributed by atoms with Crippen molar-refractivity contribution in [3.05, 3.63) is 60.1 Å². The molecule has 5 rings (SSSR count). The van der Waals surface area contributed by atoms with Crippen LogP contribution in [0.2, 0.25) is 0 Å². The number of nitrogens with one attached hydrogen (secondary N) is 2. The van der Waals surface area contributed by atoms with Crippen molar-refractivity contribution in [1.82, 2.24) is 25.2 Å². The van der Waals surface area contributed by atoms with Crippen LogP contribution in [0, 0.1) is 18.7 Å². The predicted octanol–water partition coefficient (Wildman–Crippen LogP) is 4.44. The SMILES string of the molecule is Cc1cnc(F)cc1-c1cccc2cc(-c3nc(NCCN4CCNC4=O)ncc3F)sc12. The third kappa shape index (κ3) is 4.21. The molecule has 0 radical (unpaired) electrons. The van der Waals surface area contributed by atoms with Gasteiger partial charge in [-0.3, -0.25) is 0 Å². The van der Waals surface area contributed by atoms with Crippen molar-refractivity contribution in [2.75, 3.05) is 31.5 Å². The molecule has 4 aromatic rings. The Hall–Kier alpha value is -3.66. The van der Waals surface area contributed by atoms with E-state index in [2.05, 4.69) is 25.6 Å². The van der Waals surface area contributed by atoms with Gasteiger partial charge in [0.1, 0.15) is 5.69 Å². The highest BCUT2D eigenvalue weighted by Crippen LogP contribution is 2.40. The first-order chi connectivity index (χ1) is 16.0. The predicted molar refractivity (Wildman–Crippen MR) is 124 cm³/mol. The normalized spacial score (nSPS) is 13.5. The Morgan fingerprint density at radius 2 is 2.06 bits per heavy atom. The number of aryl methyl sites for hydroxylation is 1. The molecule has 168 valence electrons. The number of aromatic nitrogens is 3. The van der Waals surface area contributed by atoms with Crippen LogP contribution in [0.25, 0.3) is 31.8 Å². The molecule has 1 saturated heterocycles. The Morgan fingerprint density at radius 1 is 1.18 bits per heavy atom. The number of benzene rings is 1. The highest BCUT2D eigenvalue weighted by atomic mass is 32.1. The minimum atomic E-state index is -0.548. The van der Waals surface area contributed by atoms with Gasteiger partial charge in [-0.1, -0.05) is 18.2 Å². The van der Waals surface area contributed by atoms with E-state index in [0.717, 1.165) is 33.0 Å². The quantitative estimate of drug-likeness (QED) is 0.411. The number of anilines is 1. The van der Waals surface area contributed by atoms with E-state index in [1.165, 1.54) is 23.6 Å². The van der Waals surface area contributed by atoms with Crippen LogP contribution >= 0.6 is 11.3 Å². The molecule has 0 unspecified atom stereocenters. The lowest BCUT2D eigenvalue weighted by Gasteiger charge is -2.14. The Balaban J connectivity index is 1.45. The van der Waals surface area contributed by atoms with E-state index >= 15 is 0 Å². The van der Waals surface area contributed by atoms with E-state index in [1.807, 2.05) is 31.2 Å². The molecule has 1 aromatic carbocycles. The molecule has 10 heteroatoms. The molecule has 1 fully saturated rings. The molecule has 3 aromatic heterocycles. The van der Waals surface area contributed by atoms with Crippen LogP contribution < -0.4 is 10.6 Å². The second-order valence-corrected chi connectivity index (χ2v) is 8.74. The van der Waals surface area contributed by atoms with Gasteiger partial charge in [-0.05, 0) is 35.1 Å². The molecule has 0 spiro atoms. The zero-order chi connectivity index (χ0) is 22.9. The fourth-order valence-corrected chi connectivity index (χ4v) is 5.01. The summed E-state index contributed by atoms with van der Waals surface area (Å²) >= 11 is 1.39. The van der Waals surface area contributed by atoms with E-state index in [4.69, 9.17) is 0 Å². The number of carbonyl (C=O) groups is 1. The molecule has 7 nitrogen and oxygen atoms in total. The average Bonchev–Trinajstić information content (AvgIpc) is 3.42. The Labute approximate surface area is 192 Å². The maximum Gasteiger partial charge on any atom is 0.317 e. The van der Waals surface area contributed by atoms with Gasteiger partial charge in [-0.15, -0.1) is 11.3 Å². The smallest absolute Gasteiger partial charge is 0.317 e. The van der Waals surface area contributed by atoms with E-state index in [-0.39, 0.29) is 17.7 Å². The van der Waals surface area contributed by atoms with Crippen molar-refractivity contribution < 1.29 is 13.6 Å². The minimum Gasteiger partial charge on any atom is -0.352 e. The number of rotatable bonds is 6. The van der Waals surface area contributed by atoms with Gasteiger partial charge in [0, 0.05) is 43.1 Å². The van der Waals surface area contributed by atoms with Gasteiger partial charge in [0.15, 0.2) is 5.82 Å². The van der Waals surface area contributed by atoms with Gasteiger partial charge >= 0.3 is 6.03 Å². The fraction of sp³-hybridized carbons (Fsp3) is 0.217. The number of fused-ring (bicyclic) bond motifs is 1. The van der Waals surface area contributed by atoms with E-state index in [1.54, 1.807) is 4.90 Å². The van der Waals surface area contributed by atoms with Gasteiger partial charge in [0.2, 0.25) is 11.9 Å². The number of hydrogen-bond donors (Lipinski definition) is 2. The summed E-state index contributed by atoms with van der Waals surface area (Å²) in [4.78, 5) is 26.1. The third-order valence-corrected chi connectivity index (χ3v) is 6.68. The van der Waals surface area contributed by atoms with Crippen LogP contribution in [0.3, 0.4) is 0 Å². The topological polar surface area (TPSA) is 83.0 Å². The monoisotopic (exact) mass is 466 g/mol. The van der Waals surface area contributed by atoms with Crippen LogP contribution in [-0.4, -0.2) is 52.1 Å².